The maximum Gasteiger partial charge on any atom is 0.254 e. The Bertz CT molecular complexity index is 753. The predicted molar refractivity (Wildman–Crippen MR) is 127 cm³/mol. The predicted octanol–water partition coefficient (Wildman–Crippen LogP) is -0.269. The van der Waals surface area contributed by atoms with Crippen molar-refractivity contribution in [1.29, 1.82) is 0 Å². The zero-order valence-corrected chi connectivity index (χ0v) is 20.9. The lowest BCUT2D eigenvalue weighted by Gasteiger charge is -2.38. The van der Waals surface area contributed by atoms with Gasteiger partial charge in [-0.1, -0.05) is 20.8 Å². The summed E-state index contributed by atoms with van der Waals surface area (Å²) >= 11 is 0. The maximum absolute atomic E-state index is 13.3. The summed E-state index contributed by atoms with van der Waals surface area (Å²) < 4.78 is 5.72. The normalized spacial score (nSPS) is 27.5. The molecule has 192 valence electrons. The second kappa shape index (κ2) is 12.0. The van der Waals surface area contributed by atoms with E-state index in [0.717, 1.165) is 25.9 Å². The number of nitrogens with zero attached hydrogens (tertiary/aromatic N) is 2. The van der Waals surface area contributed by atoms with Crippen molar-refractivity contribution in [3.05, 3.63) is 0 Å². The molecule has 0 aliphatic carbocycles. The highest BCUT2D eigenvalue weighted by Crippen LogP contribution is 2.27. The molecular weight excluding hydrogens is 438 g/mol. The van der Waals surface area contributed by atoms with Crippen LogP contribution in [0.15, 0.2) is 0 Å². The van der Waals surface area contributed by atoms with Gasteiger partial charge < -0.3 is 30.5 Å². The summed E-state index contributed by atoms with van der Waals surface area (Å²) in [5.41, 5.74) is -0.136. The van der Waals surface area contributed by atoms with Gasteiger partial charge in [-0.05, 0) is 43.2 Å². The number of nitrogens with one attached hydrogen (secondary N) is 3. The van der Waals surface area contributed by atoms with Crippen molar-refractivity contribution >= 4 is 23.6 Å². The van der Waals surface area contributed by atoms with Gasteiger partial charge >= 0.3 is 0 Å². The molecule has 0 aromatic heterocycles. The summed E-state index contributed by atoms with van der Waals surface area (Å²) in [5.74, 6) is 0.0327. The standard InChI is InChI=1S/C24H41N5O5/c1-24(2,3)13-20(30)27-8-9-29-16-21(31)26-7-5-18-14-25-6-4-17(18)12-22(32)28-10-11-34-19(15-28)23(29)33/h17-19,25H,4-16H2,1-3H3,(H,26,31)(H,27,30)/t17-,18-,19-/m0/s1. The van der Waals surface area contributed by atoms with Gasteiger partial charge in [0.25, 0.3) is 5.91 Å². The summed E-state index contributed by atoms with van der Waals surface area (Å²) in [6.07, 6.45) is 1.76. The van der Waals surface area contributed by atoms with E-state index in [2.05, 4.69) is 16.0 Å². The van der Waals surface area contributed by atoms with Crippen LogP contribution in [0.25, 0.3) is 0 Å². The Hall–Kier alpha value is -2.20. The van der Waals surface area contributed by atoms with Crippen molar-refractivity contribution in [3.63, 3.8) is 0 Å². The molecule has 4 amide bonds. The number of fused-ring (bicyclic) bond motifs is 3. The molecule has 0 unspecified atom stereocenters. The molecule has 0 aromatic rings. The van der Waals surface area contributed by atoms with Crippen LogP contribution in [-0.4, -0.2) is 98.5 Å². The minimum absolute atomic E-state index is 0.0695. The van der Waals surface area contributed by atoms with E-state index in [9.17, 15) is 19.2 Å². The third-order valence-electron chi connectivity index (χ3n) is 6.77. The van der Waals surface area contributed by atoms with Gasteiger partial charge in [-0.15, -0.1) is 0 Å². The monoisotopic (exact) mass is 479 g/mol. The Balaban J connectivity index is 1.67. The molecule has 0 aromatic carbocycles. The molecule has 0 saturated carbocycles. The van der Waals surface area contributed by atoms with E-state index in [1.54, 1.807) is 4.90 Å². The zero-order chi connectivity index (χ0) is 24.7. The third-order valence-corrected chi connectivity index (χ3v) is 6.77. The number of piperidine rings is 1. The second-order valence-corrected chi connectivity index (χ2v) is 10.9. The molecule has 0 spiro atoms. The molecule has 10 nitrogen and oxygen atoms in total. The summed E-state index contributed by atoms with van der Waals surface area (Å²) in [4.78, 5) is 54.3. The van der Waals surface area contributed by atoms with Gasteiger partial charge in [0, 0.05) is 39.0 Å². The molecule has 10 heteroatoms. The Morgan fingerprint density at radius 1 is 1.15 bits per heavy atom. The maximum atomic E-state index is 13.3. The number of hydrogen-bond acceptors (Lipinski definition) is 6. The van der Waals surface area contributed by atoms with E-state index in [-0.39, 0.29) is 61.1 Å². The number of morpholine rings is 1. The first-order valence-electron chi connectivity index (χ1n) is 12.5. The second-order valence-electron chi connectivity index (χ2n) is 10.9. The Morgan fingerprint density at radius 2 is 1.91 bits per heavy atom. The van der Waals surface area contributed by atoms with Crippen LogP contribution >= 0.6 is 0 Å². The number of hydrogen-bond donors (Lipinski definition) is 3. The fraction of sp³-hybridized carbons (Fsp3) is 0.833. The van der Waals surface area contributed by atoms with Gasteiger partial charge in [0.05, 0.1) is 19.7 Å². The van der Waals surface area contributed by atoms with Crippen molar-refractivity contribution in [2.45, 2.75) is 52.6 Å². The van der Waals surface area contributed by atoms with Gasteiger partial charge in [-0.3, -0.25) is 19.2 Å². The lowest BCUT2D eigenvalue weighted by atomic mass is 9.81. The average Bonchev–Trinajstić information content (AvgIpc) is 2.77. The number of rotatable bonds is 4. The number of carbonyl (C=O) groups excluding carboxylic acids is 4. The molecule has 3 fully saturated rings. The van der Waals surface area contributed by atoms with Gasteiger partial charge in [-0.2, -0.15) is 0 Å². The van der Waals surface area contributed by atoms with Crippen LogP contribution < -0.4 is 16.0 Å². The van der Waals surface area contributed by atoms with Crippen LogP contribution in [0.4, 0.5) is 0 Å². The van der Waals surface area contributed by atoms with Gasteiger partial charge in [-0.25, -0.2) is 0 Å². The quantitative estimate of drug-likeness (QED) is 0.511. The van der Waals surface area contributed by atoms with Crippen LogP contribution in [0.1, 0.15) is 46.5 Å². The fourth-order valence-electron chi connectivity index (χ4n) is 4.93. The number of amides is 4. The number of carbonyl (C=O) groups is 4. The van der Waals surface area contributed by atoms with Crippen molar-refractivity contribution in [2.75, 3.05) is 59.0 Å². The first-order valence-corrected chi connectivity index (χ1v) is 12.5. The lowest BCUT2D eigenvalue weighted by Crippen LogP contribution is -2.55. The SMILES string of the molecule is CC(C)(C)CC(=O)NCCN1CC(=O)NCC[C@H]2CNCC[C@H]2CC(=O)N2CCO[C@@H](C2)C1=O. The Labute approximate surface area is 202 Å². The fourth-order valence-corrected chi connectivity index (χ4v) is 4.93. The minimum Gasteiger partial charge on any atom is -0.365 e. The molecule has 3 N–H and O–H groups in total. The topological polar surface area (TPSA) is 120 Å². The summed E-state index contributed by atoms with van der Waals surface area (Å²) in [6.45, 7) is 9.51. The van der Waals surface area contributed by atoms with Gasteiger partial charge in [0.15, 0.2) is 6.10 Å². The van der Waals surface area contributed by atoms with Crippen LogP contribution in [0.2, 0.25) is 0 Å². The third kappa shape index (κ3) is 7.94. The van der Waals surface area contributed by atoms with Crippen molar-refractivity contribution < 1.29 is 23.9 Å². The highest BCUT2D eigenvalue weighted by molar-refractivity contribution is 5.88. The molecule has 3 aliphatic rings. The number of ether oxygens (including phenoxy) is 1. The van der Waals surface area contributed by atoms with Crippen LogP contribution in [0.5, 0.6) is 0 Å². The highest BCUT2D eigenvalue weighted by atomic mass is 16.5. The van der Waals surface area contributed by atoms with Crippen LogP contribution in [0.3, 0.4) is 0 Å². The summed E-state index contributed by atoms with van der Waals surface area (Å²) in [5, 5.41) is 9.18. The zero-order valence-electron chi connectivity index (χ0n) is 20.9. The van der Waals surface area contributed by atoms with E-state index in [1.165, 1.54) is 4.90 Å². The molecule has 3 rings (SSSR count). The molecule has 3 aliphatic heterocycles. The molecule has 3 heterocycles. The summed E-state index contributed by atoms with van der Waals surface area (Å²) in [7, 11) is 0. The van der Waals surface area contributed by atoms with Crippen molar-refractivity contribution in [2.24, 2.45) is 17.3 Å². The summed E-state index contributed by atoms with van der Waals surface area (Å²) in [6, 6.07) is 0. The minimum atomic E-state index is -0.803. The molecule has 2 bridgehead atoms. The van der Waals surface area contributed by atoms with Crippen molar-refractivity contribution in [3.8, 4) is 0 Å². The van der Waals surface area contributed by atoms with Gasteiger partial charge in [0.1, 0.15) is 0 Å². The van der Waals surface area contributed by atoms with E-state index in [1.807, 2.05) is 20.8 Å². The molecule has 3 saturated heterocycles. The Kier molecular flexibility index (Phi) is 9.30. The van der Waals surface area contributed by atoms with Crippen LogP contribution in [-0.2, 0) is 23.9 Å². The average molecular weight is 480 g/mol. The van der Waals surface area contributed by atoms with E-state index < -0.39 is 6.10 Å². The molecular formula is C24H41N5O5. The first-order chi connectivity index (χ1) is 16.1. The van der Waals surface area contributed by atoms with Crippen LogP contribution in [0, 0.1) is 17.3 Å². The smallest absolute Gasteiger partial charge is 0.254 e. The molecule has 34 heavy (non-hydrogen) atoms. The first kappa shape index (κ1) is 26.4. The van der Waals surface area contributed by atoms with E-state index in [0.29, 0.717) is 38.5 Å². The molecule has 3 atom stereocenters. The largest absolute Gasteiger partial charge is 0.365 e. The van der Waals surface area contributed by atoms with Gasteiger partial charge in [0.2, 0.25) is 17.7 Å². The van der Waals surface area contributed by atoms with E-state index in [4.69, 9.17) is 4.74 Å². The lowest BCUT2D eigenvalue weighted by molar-refractivity contribution is -0.156. The molecule has 0 radical (unpaired) electrons. The highest BCUT2D eigenvalue weighted by Gasteiger charge is 2.35. The Morgan fingerprint density at radius 3 is 2.68 bits per heavy atom. The van der Waals surface area contributed by atoms with E-state index >= 15 is 0 Å². The van der Waals surface area contributed by atoms with Crippen molar-refractivity contribution in [1.82, 2.24) is 25.8 Å².